The van der Waals surface area contributed by atoms with E-state index in [0.29, 0.717) is 9.79 Å². The summed E-state index contributed by atoms with van der Waals surface area (Å²) in [5, 5.41) is 0. The molecule has 0 fully saturated rings. The summed E-state index contributed by atoms with van der Waals surface area (Å²) in [5.41, 5.74) is 2.39. The number of benzene rings is 2. The third kappa shape index (κ3) is 7.28. The van der Waals surface area contributed by atoms with Crippen molar-refractivity contribution in [2.75, 3.05) is 0 Å². The molecule has 0 aliphatic rings. The van der Waals surface area contributed by atoms with E-state index in [1.54, 1.807) is 0 Å². The van der Waals surface area contributed by atoms with Crippen molar-refractivity contribution in [2.45, 2.75) is 72.0 Å². The van der Waals surface area contributed by atoms with Crippen LogP contribution in [0.15, 0.2) is 58.3 Å². The van der Waals surface area contributed by atoms with Gasteiger partial charge in [-0.3, -0.25) is 0 Å². The van der Waals surface area contributed by atoms with E-state index in [4.69, 9.17) is 5.04 Å². The van der Waals surface area contributed by atoms with Crippen LogP contribution in [0.1, 0.15) is 52.7 Å². The van der Waals surface area contributed by atoms with Crippen LogP contribution in [0, 0.1) is 0 Å². The zero-order chi connectivity index (χ0) is 22.0. The summed E-state index contributed by atoms with van der Waals surface area (Å²) in [6.45, 7) is 12.8. The van der Waals surface area contributed by atoms with Gasteiger partial charge in [0, 0.05) is 0 Å². The topological polar surface area (TPSA) is 52.6 Å². The third-order valence-corrected chi connectivity index (χ3v) is 16.3. The van der Waals surface area contributed by atoms with Crippen LogP contribution in [0.3, 0.4) is 0 Å². The Morgan fingerprint density at radius 2 is 0.897 bits per heavy atom. The Kier molecular flexibility index (Phi) is 7.93. The summed E-state index contributed by atoms with van der Waals surface area (Å²) in [5.74, 6) is 0. The van der Waals surface area contributed by atoms with Crippen molar-refractivity contribution in [1.29, 1.82) is 0 Å². The van der Waals surface area contributed by atoms with E-state index in [2.05, 4.69) is 41.5 Å². The zero-order valence-corrected chi connectivity index (χ0v) is 23.1. The van der Waals surface area contributed by atoms with Gasteiger partial charge in [0.2, 0.25) is 0 Å². The summed E-state index contributed by atoms with van der Waals surface area (Å²) in [6.07, 6.45) is 0. The first kappa shape index (κ1) is 24.7. The molecule has 0 N–H and O–H groups in total. The minimum absolute atomic E-state index is 0.0297. The Morgan fingerprint density at radius 1 is 0.621 bits per heavy atom. The van der Waals surface area contributed by atoms with Gasteiger partial charge < -0.3 is 0 Å². The average Bonchev–Trinajstić information content (AvgIpc) is 2.59. The van der Waals surface area contributed by atoms with Crippen molar-refractivity contribution < 1.29 is 13.5 Å². The maximum atomic E-state index is 12.7. The van der Waals surface area contributed by atoms with E-state index in [1.807, 2.05) is 58.4 Å². The van der Waals surface area contributed by atoms with Crippen LogP contribution in [-0.4, -0.2) is 27.6 Å². The molecule has 0 aromatic heterocycles. The molecule has 0 saturated heterocycles. The van der Waals surface area contributed by atoms with E-state index in [1.165, 1.54) is 0 Å². The number of hydrogen-bond donors (Lipinski definition) is 0. The van der Waals surface area contributed by atoms with Gasteiger partial charge in [-0.15, -0.1) is 0 Å². The molecule has 0 aliphatic heterocycles. The standard InChI is InChI=1S/2C10H14O2S.2CH3.Sn/c2*1-10(2,3)8-4-6-9(7-5-8)13(11)12;;;/h2*4-7H,1-3H3,(H,11,12);2*1H3;/q;;;;+2/p-2. The number of hydrogen-bond acceptors (Lipinski definition) is 4. The quantitative estimate of drug-likeness (QED) is 0.435. The van der Waals surface area contributed by atoms with Crippen LogP contribution >= 0.6 is 0 Å². The Hall–Kier alpha value is -0.541. The maximum absolute atomic E-state index is 12.7. The van der Waals surface area contributed by atoms with Crippen LogP contribution in [0.5, 0.6) is 0 Å². The predicted octanol–water partition coefficient (Wildman–Crippen LogP) is 5.76. The van der Waals surface area contributed by atoms with Crippen LogP contribution < -0.4 is 0 Å². The van der Waals surface area contributed by atoms with E-state index < -0.39 is 41.4 Å². The molecule has 2 aromatic carbocycles. The second-order valence-corrected chi connectivity index (χ2v) is 22.6. The fourth-order valence-electron chi connectivity index (χ4n) is 2.61. The van der Waals surface area contributed by atoms with Crippen molar-refractivity contribution in [3.05, 3.63) is 59.7 Å². The fraction of sp³-hybridized carbons (Fsp3) is 0.455. The van der Waals surface area contributed by atoms with Crippen molar-refractivity contribution >= 4 is 41.4 Å². The molecule has 0 radical (unpaired) electrons. The molecule has 0 heterocycles. The van der Waals surface area contributed by atoms with Crippen molar-refractivity contribution in [2.24, 2.45) is 0 Å². The van der Waals surface area contributed by atoms with Crippen molar-refractivity contribution in [3.8, 4) is 0 Å². The molecular weight excluding hydrogens is 511 g/mol. The molecule has 0 bridgehead atoms. The molecule has 0 saturated carbocycles. The average molecular weight is 543 g/mol. The summed E-state index contributed by atoms with van der Waals surface area (Å²) in [7, 11) is 0. The summed E-state index contributed by atoms with van der Waals surface area (Å²) in [4.78, 5) is 4.81. The monoisotopic (exact) mass is 544 g/mol. The van der Waals surface area contributed by atoms with Crippen molar-refractivity contribution in [1.82, 2.24) is 0 Å². The van der Waals surface area contributed by atoms with E-state index in [0.717, 1.165) is 11.1 Å². The normalized spacial score (nSPS) is 15.2. The van der Waals surface area contributed by atoms with Crippen LogP contribution in [-0.2, 0) is 38.0 Å². The first-order valence-corrected chi connectivity index (χ1v) is 19.8. The fourth-order valence-corrected chi connectivity index (χ4v) is 13.0. The molecule has 2 rings (SSSR count). The molecule has 7 heteroatoms. The van der Waals surface area contributed by atoms with Crippen LogP contribution in [0.25, 0.3) is 0 Å². The molecule has 29 heavy (non-hydrogen) atoms. The Balaban J connectivity index is 2.05. The van der Waals surface area contributed by atoms with Gasteiger partial charge >= 0.3 is 187 Å². The van der Waals surface area contributed by atoms with Crippen molar-refractivity contribution in [3.63, 3.8) is 0 Å². The van der Waals surface area contributed by atoms with Crippen LogP contribution in [0.2, 0.25) is 9.88 Å². The van der Waals surface area contributed by atoms with Gasteiger partial charge in [0.25, 0.3) is 0 Å². The molecule has 160 valence electrons. The molecule has 0 amide bonds. The molecule has 2 unspecified atom stereocenters. The summed E-state index contributed by atoms with van der Waals surface area (Å²) in [6, 6.07) is 15.1. The first-order chi connectivity index (χ1) is 13.2. The van der Waals surface area contributed by atoms with Gasteiger partial charge in [0.1, 0.15) is 0 Å². The van der Waals surface area contributed by atoms with E-state index in [9.17, 15) is 8.42 Å². The molecule has 4 nitrogen and oxygen atoms in total. The van der Waals surface area contributed by atoms with Gasteiger partial charge in [-0.2, -0.15) is 0 Å². The second kappa shape index (κ2) is 9.30. The van der Waals surface area contributed by atoms with Gasteiger partial charge in [-0.05, 0) is 0 Å². The van der Waals surface area contributed by atoms with E-state index >= 15 is 0 Å². The molecular formula is C22H32O4S2Sn. The third-order valence-electron chi connectivity index (χ3n) is 4.38. The predicted molar refractivity (Wildman–Crippen MR) is 123 cm³/mol. The summed E-state index contributed by atoms with van der Waals surface area (Å²) >= 11 is -7.00. The SMILES string of the molecule is CC(C)(C)c1ccc(S(=O)[O][Sn]([CH3])([CH3])[O]S(=O)c2ccc(C(C)(C)C)cc2)cc1. The first-order valence-electron chi connectivity index (χ1n) is 9.63. The Morgan fingerprint density at radius 3 is 1.14 bits per heavy atom. The molecule has 2 aromatic rings. The molecule has 0 spiro atoms. The number of rotatable bonds is 6. The Bertz CT molecular complexity index is 804. The van der Waals surface area contributed by atoms with Crippen LogP contribution in [0.4, 0.5) is 0 Å². The zero-order valence-electron chi connectivity index (χ0n) is 18.6. The molecule has 0 aliphatic carbocycles. The van der Waals surface area contributed by atoms with Gasteiger partial charge in [-0.1, -0.05) is 0 Å². The van der Waals surface area contributed by atoms with Gasteiger partial charge in [0.05, 0.1) is 0 Å². The summed E-state index contributed by atoms with van der Waals surface area (Å²) < 4.78 is 36.9. The minimum atomic E-state index is -3.72. The van der Waals surface area contributed by atoms with E-state index in [-0.39, 0.29) is 10.8 Å². The molecule has 2 atom stereocenters. The second-order valence-electron chi connectivity index (χ2n) is 9.58. The Labute approximate surface area is 185 Å². The van der Waals surface area contributed by atoms with Gasteiger partial charge in [0.15, 0.2) is 0 Å². The van der Waals surface area contributed by atoms with Gasteiger partial charge in [-0.25, -0.2) is 0 Å².